The molecule has 2 aromatic carbocycles. The number of rotatable bonds is 3. The van der Waals surface area contributed by atoms with Crippen LogP contribution in [-0.4, -0.2) is 19.0 Å². The first-order valence-corrected chi connectivity index (χ1v) is 6.74. The summed E-state index contributed by atoms with van der Waals surface area (Å²) < 4.78 is 53.9. The van der Waals surface area contributed by atoms with E-state index in [4.69, 9.17) is 5.73 Å². The van der Waals surface area contributed by atoms with Crippen molar-refractivity contribution in [1.29, 1.82) is 0 Å². The van der Waals surface area contributed by atoms with Crippen molar-refractivity contribution in [2.24, 2.45) is 0 Å². The lowest BCUT2D eigenvalue weighted by Crippen LogP contribution is -2.17. The fourth-order valence-electron chi connectivity index (χ4n) is 1.61. The summed E-state index contributed by atoms with van der Waals surface area (Å²) in [5.41, 5.74) is 5.13. The van der Waals surface area contributed by atoms with Crippen molar-refractivity contribution < 1.29 is 31.9 Å². The number of halogens is 4. The molecule has 134 valence electrons. The molecule has 0 spiro atoms. The molecule has 1 amide bonds. The fourth-order valence-corrected chi connectivity index (χ4v) is 1.61. The van der Waals surface area contributed by atoms with Crippen LogP contribution >= 0.6 is 0 Å². The zero-order valence-electron chi connectivity index (χ0n) is 13.0. The van der Waals surface area contributed by atoms with Crippen LogP contribution in [0.3, 0.4) is 0 Å². The number of benzene rings is 2. The Morgan fingerprint density at radius 3 is 1.76 bits per heavy atom. The van der Waals surface area contributed by atoms with Crippen molar-refractivity contribution in [3.05, 3.63) is 59.7 Å². The molecule has 0 aromatic heterocycles. The van der Waals surface area contributed by atoms with Gasteiger partial charge in [-0.15, -0.1) is 0 Å². The summed E-state index contributed by atoms with van der Waals surface area (Å²) in [4.78, 5) is 21.9. The largest absolute Gasteiger partial charge is 0.469 e. The minimum Gasteiger partial charge on any atom is -0.469 e. The topological polar surface area (TPSA) is 81.4 Å². The van der Waals surface area contributed by atoms with Gasteiger partial charge >= 0.3 is 5.97 Å². The van der Waals surface area contributed by atoms with Crippen LogP contribution in [-0.2, 0) is 14.3 Å². The van der Waals surface area contributed by atoms with E-state index in [2.05, 4.69) is 10.1 Å². The Bertz CT molecular complexity index is 698. The molecule has 0 radical (unpaired) electrons. The van der Waals surface area contributed by atoms with E-state index in [0.717, 1.165) is 37.4 Å². The predicted octanol–water partition coefficient (Wildman–Crippen LogP) is 3.01. The van der Waals surface area contributed by atoms with Crippen LogP contribution in [0.15, 0.2) is 36.4 Å². The molecule has 0 atom stereocenters. The van der Waals surface area contributed by atoms with E-state index in [9.17, 15) is 27.2 Å². The number of carbonyl (C=O) groups excluding carboxylic acids is 2. The van der Waals surface area contributed by atoms with Gasteiger partial charge in [0.1, 0.15) is 29.7 Å². The van der Waals surface area contributed by atoms with Crippen LogP contribution in [0.5, 0.6) is 0 Å². The number of esters is 1. The van der Waals surface area contributed by atoms with E-state index in [1.54, 1.807) is 0 Å². The normalized spacial score (nSPS) is 9.64. The summed E-state index contributed by atoms with van der Waals surface area (Å²) >= 11 is 0. The Morgan fingerprint density at radius 2 is 1.36 bits per heavy atom. The number of nitrogen functional groups attached to an aromatic ring is 1. The molecule has 3 N–H and O–H groups in total. The van der Waals surface area contributed by atoms with E-state index in [0.29, 0.717) is 6.07 Å². The lowest BCUT2D eigenvalue weighted by molar-refractivity contribution is -0.142. The van der Waals surface area contributed by atoms with Crippen LogP contribution in [0, 0.1) is 23.3 Å². The van der Waals surface area contributed by atoms with Gasteiger partial charge in [-0.1, -0.05) is 0 Å². The van der Waals surface area contributed by atoms with E-state index in [1.165, 1.54) is 0 Å². The second-order valence-corrected chi connectivity index (χ2v) is 4.66. The summed E-state index contributed by atoms with van der Waals surface area (Å²) in [6.07, 6.45) is -0.505. The molecule has 5 nitrogen and oxygen atoms in total. The maximum absolute atomic E-state index is 12.7. The van der Waals surface area contributed by atoms with Crippen molar-refractivity contribution in [3.8, 4) is 0 Å². The van der Waals surface area contributed by atoms with Crippen molar-refractivity contribution in [3.63, 3.8) is 0 Å². The van der Waals surface area contributed by atoms with Gasteiger partial charge in [-0.3, -0.25) is 9.59 Å². The number of nitrogens with two attached hydrogens (primary N) is 1. The quantitative estimate of drug-likeness (QED) is 0.383. The molecule has 0 bridgehead atoms. The molecule has 2 rings (SSSR count). The summed E-state index contributed by atoms with van der Waals surface area (Å²) in [6, 6.07) is 5.45. The van der Waals surface area contributed by atoms with Crippen LogP contribution < -0.4 is 11.1 Å². The molecule has 0 fully saturated rings. The number of amides is 1. The highest BCUT2D eigenvalue weighted by Crippen LogP contribution is 2.13. The first-order valence-electron chi connectivity index (χ1n) is 6.74. The minimum atomic E-state index is -0.812. The monoisotopic (exact) mass is 358 g/mol. The third-order valence-electron chi connectivity index (χ3n) is 2.56. The van der Waals surface area contributed by atoms with Crippen LogP contribution in [0.25, 0.3) is 0 Å². The number of hydrogen-bond acceptors (Lipinski definition) is 4. The molecule has 2 aromatic rings. The second kappa shape index (κ2) is 9.26. The number of carbonyl (C=O) groups is 2. The molecular weight excluding hydrogens is 344 g/mol. The minimum absolute atomic E-state index is 0.0496. The van der Waals surface area contributed by atoms with Crippen molar-refractivity contribution in [2.75, 3.05) is 18.2 Å². The van der Waals surface area contributed by atoms with E-state index in [1.807, 2.05) is 0 Å². The summed E-state index contributed by atoms with van der Waals surface area (Å²) in [5.74, 6) is -4.34. The van der Waals surface area contributed by atoms with Gasteiger partial charge in [-0.2, -0.15) is 0 Å². The summed E-state index contributed by atoms with van der Waals surface area (Å²) in [6.45, 7) is 0. The van der Waals surface area contributed by atoms with Gasteiger partial charge < -0.3 is 15.8 Å². The standard InChI is InChI=1S/C10H9F2NO3.C6H5F2N/c1-16-10(15)5-9(14)13-8-3-6(11)2-7(12)4-8;7-4-1-5(8)3-6(9)2-4/h2-4H,5H2,1H3,(H,13,14);1-3H,9H2. The molecule has 0 saturated heterocycles. The smallest absolute Gasteiger partial charge is 0.315 e. The van der Waals surface area contributed by atoms with E-state index >= 15 is 0 Å². The molecule has 25 heavy (non-hydrogen) atoms. The maximum atomic E-state index is 12.7. The number of anilines is 2. The Kier molecular flexibility index (Phi) is 7.39. The Morgan fingerprint density at radius 1 is 0.920 bits per heavy atom. The molecule has 0 aliphatic rings. The van der Waals surface area contributed by atoms with E-state index in [-0.39, 0.29) is 11.4 Å². The van der Waals surface area contributed by atoms with Crippen LogP contribution in [0.2, 0.25) is 0 Å². The van der Waals surface area contributed by atoms with Crippen LogP contribution in [0.1, 0.15) is 6.42 Å². The van der Waals surface area contributed by atoms with Gasteiger partial charge in [0.15, 0.2) is 0 Å². The van der Waals surface area contributed by atoms with Gasteiger partial charge in [0.25, 0.3) is 0 Å². The molecule has 9 heteroatoms. The number of nitrogens with one attached hydrogen (secondary N) is 1. The highest BCUT2D eigenvalue weighted by Gasteiger charge is 2.10. The van der Waals surface area contributed by atoms with Crippen molar-refractivity contribution in [2.45, 2.75) is 6.42 Å². The number of hydrogen-bond donors (Lipinski definition) is 2. The van der Waals surface area contributed by atoms with Gasteiger partial charge in [0.2, 0.25) is 5.91 Å². The van der Waals surface area contributed by atoms with Crippen LogP contribution in [0.4, 0.5) is 28.9 Å². The molecular formula is C16H14F4N2O3. The van der Waals surface area contributed by atoms with Gasteiger partial charge in [-0.05, 0) is 24.3 Å². The maximum Gasteiger partial charge on any atom is 0.315 e. The summed E-state index contributed by atoms with van der Waals surface area (Å²) in [7, 11) is 1.14. The Hall–Kier alpha value is -3.10. The lowest BCUT2D eigenvalue weighted by atomic mass is 10.3. The lowest BCUT2D eigenvalue weighted by Gasteiger charge is -2.04. The molecule has 0 aliphatic heterocycles. The second-order valence-electron chi connectivity index (χ2n) is 4.66. The van der Waals surface area contributed by atoms with Gasteiger partial charge in [0, 0.05) is 23.5 Å². The van der Waals surface area contributed by atoms with E-state index < -0.39 is 41.6 Å². The summed E-state index contributed by atoms with van der Waals surface area (Å²) in [5, 5.41) is 2.17. The first kappa shape index (κ1) is 19.9. The first-order chi connectivity index (χ1) is 11.7. The highest BCUT2D eigenvalue weighted by atomic mass is 19.1. The van der Waals surface area contributed by atoms with Gasteiger partial charge in [0.05, 0.1) is 7.11 Å². The zero-order chi connectivity index (χ0) is 19.0. The Labute approximate surface area is 140 Å². The average Bonchev–Trinajstić information content (AvgIpc) is 2.44. The van der Waals surface area contributed by atoms with Crippen molar-refractivity contribution in [1.82, 2.24) is 0 Å². The Balaban J connectivity index is 0.000000293. The SMILES string of the molecule is COC(=O)CC(=O)Nc1cc(F)cc(F)c1.Nc1cc(F)cc(F)c1. The fraction of sp³-hybridized carbons (Fsp3) is 0.125. The molecule has 0 unspecified atom stereocenters. The highest BCUT2D eigenvalue weighted by molar-refractivity contribution is 6.01. The van der Waals surface area contributed by atoms with Gasteiger partial charge in [-0.25, -0.2) is 17.6 Å². The average molecular weight is 358 g/mol. The number of methoxy groups -OCH3 is 1. The number of ether oxygens (including phenoxy) is 1. The van der Waals surface area contributed by atoms with Crippen molar-refractivity contribution >= 4 is 23.3 Å². The third kappa shape index (κ3) is 7.82. The zero-order valence-corrected chi connectivity index (χ0v) is 13.0. The molecule has 0 saturated carbocycles. The molecule has 0 heterocycles. The predicted molar refractivity (Wildman–Crippen MR) is 82.4 cm³/mol. The third-order valence-corrected chi connectivity index (χ3v) is 2.56. The molecule has 0 aliphatic carbocycles.